The summed E-state index contributed by atoms with van der Waals surface area (Å²) in [6.07, 6.45) is 1.02. The molecule has 4 rings (SSSR count). The predicted molar refractivity (Wildman–Crippen MR) is 114 cm³/mol. The van der Waals surface area contributed by atoms with Crippen LogP contribution in [0.5, 0.6) is 0 Å². The van der Waals surface area contributed by atoms with Crippen molar-refractivity contribution in [3.05, 3.63) is 66.1 Å². The quantitative estimate of drug-likeness (QED) is 0.395. The predicted octanol–water partition coefficient (Wildman–Crippen LogP) is 4.41. The fourth-order valence-electron chi connectivity index (χ4n) is 3.73. The van der Waals surface area contributed by atoms with Crippen LogP contribution in [-0.4, -0.2) is 41.3 Å². The van der Waals surface area contributed by atoms with Gasteiger partial charge in [-0.3, -0.25) is 9.78 Å². The second kappa shape index (κ2) is 7.76. The van der Waals surface area contributed by atoms with Gasteiger partial charge in [-0.25, -0.2) is 22.5 Å². The van der Waals surface area contributed by atoms with Gasteiger partial charge in [-0.2, -0.15) is 13.2 Å². The van der Waals surface area contributed by atoms with E-state index in [9.17, 15) is 35.6 Å². The van der Waals surface area contributed by atoms with Gasteiger partial charge in [0, 0.05) is 10.9 Å². The van der Waals surface area contributed by atoms with Crippen LogP contribution in [0.3, 0.4) is 0 Å². The van der Waals surface area contributed by atoms with Gasteiger partial charge in [0.05, 0.1) is 28.8 Å². The van der Waals surface area contributed by atoms with E-state index in [1.165, 1.54) is 13.8 Å². The van der Waals surface area contributed by atoms with Gasteiger partial charge >= 0.3 is 11.5 Å². The van der Waals surface area contributed by atoms with E-state index in [2.05, 4.69) is 4.98 Å². The molecular weight excluding hydrogens is 478 g/mol. The fraction of sp³-hybridized carbons (Fsp3) is 0.227. The molecule has 12 heteroatoms. The first-order valence-corrected chi connectivity index (χ1v) is 11.3. The molecule has 1 aromatic heterocycles. The summed E-state index contributed by atoms with van der Waals surface area (Å²) in [7, 11) is -5.59. The van der Waals surface area contributed by atoms with Crippen molar-refractivity contribution in [2.45, 2.75) is 36.3 Å². The number of pyridine rings is 1. The van der Waals surface area contributed by atoms with Crippen molar-refractivity contribution in [2.75, 3.05) is 4.90 Å². The van der Waals surface area contributed by atoms with Crippen molar-refractivity contribution >= 4 is 38.4 Å². The van der Waals surface area contributed by atoms with Gasteiger partial charge in [0.1, 0.15) is 11.4 Å². The SMILES string of the molecule is CC1(C)C(=O)N(c2ccc(S(=O)(=O)C(F)(F)F)cc2)C(=O)N1Cc1c(F)cnc2ccccc12. The molecule has 1 fully saturated rings. The summed E-state index contributed by atoms with van der Waals surface area (Å²) < 4.78 is 76.3. The molecule has 0 atom stereocenters. The number of imide groups is 1. The molecule has 1 saturated heterocycles. The number of rotatable bonds is 4. The van der Waals surface area contributed by atoms with Crippen LogP contribution in [0.25, 0.3) is 10.9 Å². The van der Waals surface area contributed by atoms with Gasteiger partial charge in [0.2, 0.25) is 0 Å². The van der Waals surface area contributed by atoms with Crippen LogP contribution in [0.4, 0.5) is 28.0 Å². The minimum absolute atomic E-state index is 0.119. The number of halogens is 4. The molecule has 0 bridgehead atoms. The maximum Gasteiger partial charge on any atom is 0.501 e. The number of urea groups is 1. The second-order valence-corrected chi connectivity index (χ2v) is 10.1. The Bertz CT molecular complexity index is 1420. The zero-order valence-corrected chi connectivity index (χ0v) is 18.6. The van der Waals surface area contributed by atoms with E-state index in [1.54, 1.807) is 24.3 Å². The number of para-hydroxylation sites is 1. The first-order valence-electron chi connectivity index (χ1n) is 9.86. The number of nitrogens with zero attached hydrogens (tertiary/aromatic N) is 3. The number of fused-ring (bicyclic) bond motifs is 1. The third-order valence-electron chi connectivity index (χ3n) is 5.68. The number of anilines is 1. The van der Waals surface area contributed by atoms with E-state index in [0.717, 1.165) is 28.1 Å². The van der Waals surface area contributed by atoms with E-state index in [4.69, 9.17) is 0 Å². The average molecular weight is 495 g/mol. The van der Waals surface area contributed by atoms with Gasteiger partial charge in [-0.05, 0) is 44.2 Å². The summed E-state index contributed by atoms with van der Waals surface area (Å²) in [5.41, 5.74) is -6.40. The highest BCUT2D eigenvalue weighted by Crippen LogP contribution is 2.36. The Hall–Kier alpha value is -3.54. The molecule has 34 heavy (non-hydrogen) atoms. The van der Waals surface area contributed by atoms with Gasteiger partial charge in [0.25, 0.3) is 15.7 Å². The van der Waals surface area contributed by atoms with Crippen molar-refractivity contribution < 1.29 is 35.6 Å². The minimum atomic E-state index is -5.59. The van der Waals surface area contributed by atoms with Crippen LogP contribution in [0.1, 0.15) is 19.4 Å². The third-order valence-corrected chi connectivity index (χ3v) is 7.19. The first-order chi connectivity index (χ1) is 15.8. The molecule has 7 nitrogen and oxygen atoms in total. The van der Waals surface area contributed by atoms with Gasteiger partial charge in [-0.15, -0.1) is 0 Å². The zero-order valence-electron chi connectivity index (χ0n) is 17.8. The van der Waals surface area contributed by atoms with Crippen molar-refractivity contribution in [1.82, 2.24) is 9.88 Å². The largest absolute Gasteiger partial charge is 0.501 e. The van der Waals surface area contributed by atoms with E-state index < -0.39 is 43.5 Å². The van der Waals surface area contributed by atoms with Crippen LogP contribution in [0.2, 0.25) is 0 Å². The van der Waals surface area contributed by atoms with Crippen LogP contribution >= 0.6 is 0 Å². The smallest absolute Gasteiger partial charge is 0.305 e. The third kappa shape index (κ3) is 3.58. The molecule has 0 unspecified atom stereocenters. The summed E-state index contributed by atoms with van der Waals surface area (Å²) in [6.45, 7) is 2.64. The Labute approximate surface area is 191 Å². The topological polar surface area (TPSA) is 87.7 Å². The molecule has 0 radical (unpaired) electrons. The number of hydrogen-bond donors (Lipinski definition) is 0. The lowest BCUT2D eigenvalue weighted by Crippen LogP contribution is -2.43. The summed E-state index contributed by atoms with van der Waals surface area (Å²) in [4.78, 5) is 31.2. The molecule has 1 aliphatic rings. The Morgan fingerprint density at radius 1 is 1.00 bits per heavy atom. The van der Waals surface area contributed by atoms with Crippen LogP contribution in [-0.2, 0) is 21.2 Å². The Balaban J connectivity index is 1.71. The van der Waals surface area contributed by atoms with Gasteiger partial charge in [0.15, 0.2) is 0 Å². The van der Waals surface area contributed by atoms with Gasteiger partial charge < -0.3 is 4.90 Å². The minimum Gasteiger partial charge on any atom is -0.305 e. The molecule has 0 N–H and O–H groups in total. The maximum absolute atomic E-state index is 14.7. The molecule has 178 valence electrons. The number of alkyl halides is 3. The highest BCUT2D eigenvalue weighted by molar-refractivity contribution is 7.92. The zero-order chi connectivity index (χ0) is 25.1. The molecule has 3 amide bonds. The van der Waals surface area contributed by atoms with Crippen molar-refractivity contribution in [2.24, 2.45) is 0 Å². The average Bonchev–Trinajstić information content (AvgIpc) is 2.94. The normalized spacial score (nSPS) is 16.5. The monoisotopic (exact) mass is 495 g/mol. The van der Waals surface area contributed by atoms with Gasteiger partial charge in [-0.1, -0.05) is 18.2 Å². The highest BCUT2D eigenvalue weighted by atomic mass is 32.2. The number of hydrogen-bond acceptors (Lipinski definition) is 5. The number of carbonyl (C=O) groups excluding carboxylic acids is 2. The standard InChI is InChI=1S/C22H17F4N3O4S/c1-21(2)19(30)29(13-7-9-14(10-8-13)34(32,33)22(24,25)26)20(31)28(21)12-16-15-5-3-4-6-18(15)27-11-17(16)23/h3-11H,12H2,1-2H3. The summed E-state index contributed by atoms with van der Waals surface area (Å²) >= 11 is 0. The van der Waals surface area contributed by atoms with Crippen LogP contribution in [0, 0.1) is 5.82 Å². The lowest BCUT2D eigenvalue weighted by molar-refractivity contribution is -0.123. The summed E-state index contributed by atoms with van der Waals surface area (Å²) in [6, 6.07) is 9.09. The Morgan fingerprint density at radius 3 is 2.24 bits per heavy atom. The summed E-state index contributed by atoms with van der Waals surface area (Å²) in [5, 5.41) is 0.457. The molecule has 3 aromatic rings. The number of aromatic nitrogens is 1. The number of carbonyl (C=O) groups is 2. The second-order valence-electron chi connectivity index (χ2n) is 8.11. The summed E-state index contributed by atoms with van der Waals surface area (Å²) in [5.74, 6) is -1.38. The van der Waals surface area contributed by atoms with Crippen LogP contribution in [0.15, 0.2) is 59.6 Å². The number of sulfone groups is 1. The lowest BCUT2D eigenvalue weighted by atomic mass is 10.0. The van der Waals surface area contributed by atoms with Crippen LogP contribution < -0.4 is 4.90 Å². The molecule has 0 aliphatic carbocycles. The molecule has 0 saturated carbocycles. The molecular formula is C22H17F4N3O4S. The molecule has 2 aromatic carbocycles. The maximum atomic E-state index is 14.7. The first kappa shape index (κ1) is 23.6. The molecule has 0 spiro atoms. The Kier molecular flexibility index (Phi) is 5.39. The van der Waals surface area contributed by atoms with Crippen molar-refractivity contribution in [1.29, 1.82) is 0 Å². The van der Waals surface area contributed by atoms with E-state index in [-0.39, 0.29) is 17.8 Å². The number of benzene rings is 2. The van der Waals surface area contributed by atoms with E-state index >= 15 is 0 Å². The number of amides is 3. The van der Waals surface area contributed by atoms with Crippen molar-refractivity contribution in [3.8, 4) is 0 Å². The van der Waals surface area contributed by atoms with Crippen molar-refractivity contribution in [3.63, 3.8) is 0 Å². The highest BCUT2D eigenvalue weighted by Gasteiger charge is 2.52. The fourth-order valence-corrected chi connectivity index (χ4v) is 4.49. The van der Waals surface area contributed by atoms with E-state index in [0.29, 0.717) is 23.0 Å². The molecule has 1 aliphatic heterocycles. The lowest BCUT2D eigenvalue weighted by Gasteiger charge is -2.28. The molecule has 2 heterocycles. The Morgan fingerprint density at radius 2 is 1.62 bits per heavy atom. The van der Waals surface area contributed by atoms with E-state index in [1.807, 2.05) is 0 Å².